The summed E-state index contributed by atoms with van der Waals surface area (Å²) in [4.78, 5) is 11.3. The topological polar surface area (TPSA) is 75.7 Å². The molecule has 2 saturated heterocycles. The summed E-state index contributed by atoms with van der Waals surface area (Å²) in [5, 5.41) is 2.81. The van der Waals surface area contributed by atoms with Gasteiger partial charge in [0.05, 0.1) is 17.9 Å². The Balaban J connectivity index is 2.05. The molecule has 110 valence electrons. The Hall–Kier alpha value is -0.660. The van der Waals surface area contributed by atoms with E-state index in [0.29, 0.717) is 19.5 Å². The molecule has 6 nitrogen and oxygen atoms in total. The van der Waals surface area contributed by atoms with E-state index >= 15 is 0 Å². The largest absolute Gasteiger partial charge is 0.366 e. The first-order chi connectivity index (χ1) is 8.67. The van der Waals surface area contributed by atoms with Crippen molar-refractivity contribution in [1.82, 2.24) is 9.62 Å². The van der Waals surface area contributed by atoms with Crippen LogP contribution in [0.3, 0.4) is 0 Å². The lowest BCUT2D eigenvalue weighted by molar-refractivity contribution is -0.139. The molecule has 0 aromatic carbocycles. The third kappa shape index (κ3) is 3.67. The third-order valence-electron chi connectivity index (χ3n) is 3.30. The van der Waals surface area contributed by atoms with Crippen molar-refractivity contribution in [2.75, 3.05) is 25.4 Å². The number of hydrogen-bond donors (Lipinski definition) is 1. The van der Waals surface area contributed by atoms with Crippen molar-refractivity contribution in [3.05, 3.63) is 0 Å². The van der Waals surface area contributed by atoms with E-state index in [2.05, 4.69) is 5.32 Å². The van der Waals surface area contributed by atoms with Crippen molar-refractivity contribution in [3.63, 3.8) is 0 Å². The van der Waals surface area contributed by atoms with Crippen LogP contribution >= 0.6 is 0 Å². The summed E-state index contributed by atoms with van der Waals surface area (Å²) >= 11 is 0. The minimum Gasteiger partial charge on any atom is -0.366 e. The smallest absolute Gasteiger partial charge is 0.246 e. The Bertz CT molecular complexity index is 455. The third-order valence-corrected chi connectivity index (χ3v) is 5.65. The maximum atomic E-state index is 12.3. The highest BCUT2D eigenvalue weighted by Crippen LogP contribution is 2.24. The van der Waals surface area contributed by atoms with Gasteiger partial charge in [-0.15, -0.1) is 0 Å². The van der Waals surface area contributed by atoms with Gasteiger partial charge in [-0.2, -0.15) is 4.31 Å². The number of nitrogens with zero attached hydrogens (tertiary/aromatic N) is 1. The van der Waals surface area contributed by atoms with Gasteiger partial charge in [-0.05, 0) is 11.8 Å². The van der Waals surface area contributed by atoms with Crippen molar-refractivity contribution < 1.29 is 17.9 Å². The number of carbonyl (C=O) groups is 1. The van der Waals surface area contributed by atoms with Crippen LogP contribution in [0, 0.1) is 5.41 Å². The molecule has 2 aliphatic heterocycles. The van der Waals surface area contributed by atoms with Crippen LogP contribution in [0.1, 0.15) is 27.2 Å². The summed E-state index contributed by atoms with van der Waals surface area (Å²) in [7, 11) is -3.28. The molecule has 7 heteroatoms. The summed E-state index contributed by atoms with van der Waals surface area (Å²) < 4.78 is 31.6. The van der Waals surface area contributed by atoms with Crippen LogP contribution in [-0.4, -0.2) is 56.2 Å². The van der Waals surface area contributed by atoms with Crippen molar-refractivity contribution in [3.8, 4) is 0 Å². The number of sulfonamides is 1. The summed E-state index contributed by atoms with van der Waals surface area (Å²) in [6.45, 7) is 6.58. The highest BCUT2D eigenvalue weighted by molar-refractivity contribution is 7.89. The fourth-order valence-corrected chi connectivity index (χ4v) is 4.61. The number of rotatable bonds is 2. The molecule has 1 N–H and O–H groups in total. The highest BCUT2D eigenvalue weighted by Gasteiger charge is 2.39. The normalized spacial score (nSPS) is 29.7. The number of nitrogens with one attached hydrogen (secondary N) is 1. The van der Waals surface area contributed by atoms with Gasteiger partial charge in [0.25, 0.3) is 0 Å². The first-order valence-corrected chi connectivity index (χ1v) is 8.17. The first kappa shape index (κ1) is 14.7. The van der Waals surface area contributed by atoms with E-state index in [0.717, 1.165) is 0 Å². The zero-order chi connectivity index (χ0) is 14.3. The van der Waals surface area contributed by atoms with Crippen molar-refractivity contribution >= 4 is 15.9 Å². The van der Waals surface area contributed by atoms with E-state index in [9.17, 15) is 13.2 Å². The maximum absolute atomic E-state index is 12.3. The predicted molar refractivity (Wildman–Crippen MR) is 71.1 cm³/mol. The number of morpholine rings is 1. The summed E-state index contributed by atoms with van der Waals surface area (Å²) in [5.74, 6) is -0.0528. The fourth-order valence-electron chi connectivity index (χ4n) is 2.56. The molecule has 19 heavy (non-hydrogen) atoms. The van der Waals surface area contributed by atoms with Crippen LogP contribution in [0.5, 0.6) is 0 Å². The van der Waals surface area contributed by atoms with E-state index in [1.165, 1.54) is 4.31 Å². The van der Waals surface area contributed by atoms with E-state index < -0.39 is 10.0 Å². The molecule has 0 bridgehead atoms. The second-order valence-corrected chi connectivity index (χ2v) is 8.46. The first-order valence-electron chi connectivity index (χ1n) is 6.56. The molecule has 2 atom stereocenters. The molecular weight excluding hydrogens is 268 g/mol. The number of ether oxygens (including phenoxy) is 1. The molecule has 2 heterocycles. The molecule has 0 saturated carbocycles. The number of fused-ring (bicyclic) bond motifs is 1. The van der Waals surface area contributed by atoms with Gasteiger partial charge >= 0.3 is 0 Å². The molecule has 0 aliphatic carbocycles. The average Bonchev–Trinajstić information content (AvgIpc) is 2.24. The predicted octanol–water partition coefficient (Wildman–Crippen LogP) is -0.0484. The Morgan fingerprint density at radius 3 is 2.74 bits per heavy atom. The summed E-state index contributed by atoms with van der Waals surface area (Å²) in [6.07, 6.45) is 0.577. The molecule has 2 fully saturated rings. The molecule has 2 rings (SSSR count). The quantitative estimate of drug-likeness (QED) is 0.774. The second-order valence-electron chi connectivity index (χ2n) is 6.49. The van der Waals surface area contributed by atoms with Crippen LogP contribution in [0.4, 0.5) is 0 Å². The molecule has 2 aliphatic rings. The molecule has 1 amide bonds. The number of piperidine rings is 1. The zero-order valence-corrected chi connectivity index (χ0v) is 12.5. The average molecular weight is 290 g/mol. The van der Waals surface area contributed by atoms with Gasteiger partial charge in [-0.1, -0.05) is 20.8 Å². The monoisotopic (exact) mass is 290 g/mol. The Morgan fingerprint density at radius 2 is 2.11 bits per heavy atom. The summed E-state index contributed by atoms with van der Waals surface area (Å²) in [6, 6.07) is -0.218. The lowest BCUT2D eigenvalue weighted by atomic mass is 10.0. The minimum atomic E-state index is -3.28. The van der Waals surface area contributed by atoms with Gasteiger partial charge in [0.1, 0.15) is 6.61 Å². The molecular formula is C12H22N2O4S. The zero-order valence-electron chi connectivity index (χ0n) is 11.7. The van der Waals surface area contributed by atoms with Crippen molar-refractivity contribution in [2.24, 2.45) is 5.41 Å². The van der Waals surface area contributed by atoms with Gasteiger partial charge in [-0.25, -0.2) is 8.42 Å². The number of hydrogen-bond acceptors (Lipinski definition) is 4. The van der Waals surface area contributed by atoms with Crippen LogP contribution in [0.25, 0.3) is 0 Å². The maximum Gasteiger partial charge on any atom is 0.246 e. The lowest BCUT2D eigenvalue weighted by Gasteiger charge is -2.41. The minimum absolute atomic E-state index is 0.0567. The van der Waals surface area contributed by atoms with E-state index in [-0.39, 0.29) is 35.8 Å². The second kappa shape index (κ2) is 5.03. The standard InChI is InChI=1S/C12H22N2O4S/c1-12(2,3)8-19(16,17)14-5-4-10-9(6-14)13-11(15)7-18-10/h9-10H,4-8H2,1-3H3,(H,13,15). The number of amides is 1. The Labute approximate surface area is 114 Å². The van der Waals surface area contributed by atoms with E-state index in [1.807, 2.05) is 20.8 Å². The van der Waals surface area contributed by atoms with Gasteiger partial charge < -0.3 is 10.1 Å². The van der Waals surface area contributed by atoms with Gasteiger partial charge in [0.15, 0.2) is 0 Å². The van der Waals surface area contributed by atoms with Crippen LogP contribution in [0.2, 0.25) is 0 Å². The molecule has 0 radical (unpaired) electrons. The number of carbonyl (C=O) groups excluding carboxylic acids is 1. The van der Waals surface area contributed by atoms with Gasteiger partial charge in [0, 0.05) is 13.1 Å². The SMILES string of the molecule is CC(C)(C)CS(=O)(=O)N1CCC2OCC(=O)NC2C1. The van der Waals surface area contributed by atoms with Crippen molar-refractivity contribution in [1.29, 1.82) is 0 Å². The Kier molecular flexibility index (Phi) is 3.90. The van der Waals surface area contributed by atoms with E-state index in [1.54, 1.807) is 0 Å². The van der Waals surface area contributed by atoms with Crippen molar-refractivity contribution in [2.45, 2.75) is 39.3 Å². The molecule has 0 spiro atoms. The molecule has 0 aromatic heterocycles. The van der Waals surface area contributed by atoms with Crippen LogP contribution < -0.4 is 5.32 Å². The Morgan fingerprint density at radius 1 is 1.42 bits per heavy atom. The lowest BCUT2D eigenvalue weighted by Crippen LogP contribution is -2.61. The van der Waals surface area contributed by atoms with E-state index in [4.69, 9.17) is 4.74 Å². The summed E-state index contributed by atoms with van der Waals surface area (Å²) in [5.41, 5.74) is -0.276. The molecule has 0 aromatic rings. The van der Waals surface area contributed by atoms with Crippen LogP contribution in [0.15, 0.2) is 0 Å². The van der Waals surface area contributed by atoms with Gasteiger partial charge in [0.2, 0.25) is 15.9 Å². The fraction of sp³-hybridized carbons (Fsp3) is 0.917. The van der Waals surface area contributed by atoms with Crippen LogP contribution in [-0.2, 0) is 19.6 Å². The van der Waals surface area contributed by atoms with Gasteiger partial charge in [-0.3, -0.25) is 4.79 Å². The molecule has 2 unspecified atom stereocenters. The highest BCUT2D eigenvalue weighted by atomic mass is 32.2.